The molecule has 0 fully saturated rings. The molecule has 0 aliphatic heterocycles. The van der Waals surface area contributed by atoms with E-state index in [0.717, 1.165) is 6.42 Å². The van der Waals surface area contributed by atoms with Gasteiger partial charge in [-0.1, -0.05) is 60.7 Å². The van der Waals surface area contributed by atoms with Gasteiger partial charge in [-0.15, -0.1) is 0 Å². The van der Waals surface area contributed by atoms with Gasteiger partial charge in [0.25, 0.3) is 0 Å². The average molecular weight is 311 g/mol. The summed E-state index contributed by atoms with van der Waals surface area (Å²) in [6, 6.07) is 19.2. The van der Waals surface area contributed by atoms with Gasteiger partial charge < -0.3 is 0 Å². The molecular formula is C15H12Cl2Ti. The molecule has 2 aromatic carbocycles. The zero-order valence-corrected chi connectivity index (χ0v) is 12.8. The maximum atomic E-state index is 4.89. The number of allylic oxidation sites excluding steroid dienone is 1. The summed E-state index contributed by atoms with van der Waals surface area (Å²) < 4.78 is 0. The number of rotatable bonds is 1. The minimum absolute atomic E-state index is 0.556. The van der Waals surface area contributed by atoms with E-state index in [-0.39, 0.29) is 0 Å². The molecule has 0 bridgehead atoms. The van der Waals surface area contributed by atoms with E-state index in [4.69, 9.17) is 18.6 Å². The Kier molecular flexibility index (Phi) is 5.53. The van der Waals surface area contributed by atoms with Crippen LogP contribution in [0.25, 0.3) is 11.6 Å². The molecule has 0 amide bonds. The van der Waals surface area contributed by atoms with E-state index in [1.165, 1.54) is 22.3 Å². The molecular weight excluding hydrogens is 299 g/mol. The molecule has 90 valence electrons. The maximum absolute atomic E-state index is 4.89. The summed E-state index contributed by atoms with van der Waals surface area (Å²) >= 11 is -0.556. The van der Waals surface area contributed by atoms with Gasteiger partial charge in [-0.2, -0.15) is 0 Å². The van der Waals surface area contributed by atoms with Crippen molar-refractivity contribution >= 4 is 30.3 Å². The van der Waals surface area contributed by atoms with Crippen LogP contribution in [0.15, 0.2) is 54.6 Å². The number of hydrogen-bond acceptors (Lipinski definition) is 0. The molecule has 0 N–H and O–H groups in total. The molecule has 0 heterocycles. The van der Waals surface area contributed by atoms with Crippen LogP contribution in [0.1, 0.15) is 16.7 Å². The Morgan fingerprint density at radius 1 is 0.833 bits per heavy atom. The van der Waals surface area contributed by atoms with Gasteiger partial charge in [-0.25, -0.2) is 0 Å². The van der Waals surface area contributed by atoms with E-state index in [0.29, 0.717) is 0 Å². The predicted octanol–water partition coefficient (Wildman–Crippen LogP) is 5.16. The van der Waals surface area contributed by atoms with E-state index in [1.54, 1.807) is 0 Å². The fourth-order valence-corrected chi connectivity index (χ4v) is 2.12. The molecule has 3 heteroatoms. The Bertz CT molecular complexity index is 535. The van der Waals surface area contributed by atoms with Crippen molar-refractivity contribution in [2.24, 2.45) is 0 Å². The van der Waals surface area contributed by atoms with Crippen LogP contribution in [-0.2, 0) is 23.5 Å². The molecule has 0 atom stereocenters. The monoisotopic (exact) mass is 310 g/mol. The summed E-state index contributed by atoms with van der Waals surface area (Å²) in [5.74, 6) is 0. The van der Waals surface area contributed by atoms with Crippen molar-refractivity contribution in [2.75, 3.05) is 0 Å². The molecule has 0 unspecified atom stereocenters. The Morgan fingerprint density at radius 2 is 1.44 bits per heavy atom. The van der Waals surface area contributed by atoms with Crippen LogP contribution < -0.4 is 0 Å². The second kappa shape index (κ2) is 7.16. The first-order chi connectivity index (χ1) is 8.85. The third-order valence-electron chi connectivity index (χ3n) is 2.91. The molecule has 0 nitrogen and oxygen atoms in total. The number of hydrogen-bond donors (Lipinski definition) is 0. The zero-order valence-electron chi connectivity index (χ0n) is 9.74. The Balaban J connectivity index is 0.000000367. The quantitative estimate of drug-likeness (QED) is 0.638. The first-order valence-corrected chi connectivity index (χ1v) is 9.95. The molecule has 0 saturated heterocycles. The fraction of sp³-hybridized carbons (Fsp3) is 0.0667. The van der Waals surface area contributed by atoms with Crippen molar-refractivity contribution < 1.29 is 17.0 Å². The van der Waals surface area contributed by atoms with Gasteiger partial charge in [0.2, 0.25) is 0 Å². The van der Waals surface area contributed by atoms with Crippen molar-refractivity contribution in [2.45, 2.75) is 6.42 Å². The first kappa shape index (κ1) is 13.9. The van der Waals surface area contributed by atoms with Crippen LogP contribution in [0.2, 0.25) is 0 Å². The van der Waals surface area contributed by atoms with Gasteiger partial charge in [0.05, 0.1) is 0 Å². The Morgan fingerprint density at radius 3 is 2.11 bits per heavy atom. The summed E-state index contributed by atoms with van der Waals surface area (Å²) in [6.45, 7) is 0. The SMILES string of the molecule is C1=C(c2ccccc2)Cc2ccccc21.[Cl][Ti][Cl]. The third-order valence-corrected chi connectivity index (χ3v) is 2.91. The summed E-state index contributed by atoms with van der Waals surface area (Å²) in [4.78, 5) is 0. The molecule has 0 saturated carbocycles. The zero-order chi connectivity index (χ0) is 12.8. The molecule has 0 spiro atoms. The fourth-order valence-electron chi connectivity index (χ4n) is 2.12. The summed E-state index contributed by atoms with van der Waals surface area (Å²) in [7, 11) is 9.78. The van der Waals surface area contributed by atoms with E-state index in [1.807, 2.05) is 0 Å². The van der Waals surface area contributed by atoms with E-state index in [2.05, 4.69) is 60.7 Å². The Labute approximate surface area is 124 Å². The van der Waals surface area contributed by atoms with Crippen LogP contribution in [0.5, 0.6) is 0 Å². The topological polar surface area (TPSA) is 0 Å². The molecule has 0 radical (unpaired) electrons. The van der Waals surface area contributed by atoms with Gasteiger partial charge in [-0.3, -0.25) is 0 Å². The predicted molar refractivity (Wildman–Crippen MR) is 76.2 cm³/mol. The van der Waals surface area contributed by atoms with E-state index in [9.17, 15) is 0 Å². The average Bonchev–Trinajstić information content (AvgIpc) is 2.84. The van der Waals surface area contributed by atoms with Crippen LogP contribution in [-0.4, -0.2) is 0 Å². The van der Waals surface area contributed by atoms with Gasteiger partial charge in [0.15, 0.2) is 0 Å². The van der Waals surface area contributed by atoms with E-state index >= 15 is 0 Å². The van der Waals surface area contributed by atoms with Crippen molar-refractivity contribution in [3.05, 3.63) is 71.3 Å². The van der Waals surface area contributed by atoms with Crippen LogP contribution in [0.4, 0.5) is 0 Å². The molecule has 1 aliphatic rings. The van der Waals surface area contributed by atoms with Gasteiger partial charge >= 0.3 is 35.6 Å². The normalized spacial score (nSPS) is 12.0. The number of benzene rings is 2. The molecule has 1 aliphatic carbocycles. The third kappa shape index (κ3) is 3.49. The molecule has 3 rings (SSSR count). The van der Waals surface area contributed by atoms with Crippen molar-refractivity contribution in [3.63, 3.8) is 0 Å². The first-order valence-electron chi connectivity index (χ1n) is 5.65. The number of halogens is 2. The standard InChI is InChI=1S/C15H12.2ClH.Ti/c1-2-6-12(7-3-1)15-10-13-8-4-5-9-14(13)11-15;;;/h1-10H,11H2;2*1H;/q;;;+2/p-2. The van der Waals surface area contributed by atoms with Crippen molar-refractivity contribution in [1.82, 2.24) is 0 Å². The van der Waals surface area contributed by atoms with Crippen LogP contribution >= 0.6 is 18.6 Å². The second-order valence-electron chi connectivity index (χ2n) is 3.98. The van der Waals surface area contributed by atoms with Gasteiger partial charge in [-0.05, 0) is 28.7 Å². The second-order valence-corrected chi connectivity index (χ2v) is 6.56. The molecule has 18 heavy (non-hydrogen) atoms. The summed E-state index contributed by atoms with van der Waals surface area (Å²) in [5.41, 5.74) is 5.58. The van der Waals surface area contributed by atoms with E-state index < -0.39 is 17.0 Å². The van der Waals surface area contributed by atoms with Crippen molar-refractivity contribution in [1.29, 1.82) is 0 Å². The minimum atomic E-state index is -0.556. The summed E-state index contributed by atoms with van der Waals surface area (Å²) in [6.07, 6.45) is 3.37. The van der Waals surface area contributed by atoms with Gasteiger partial charge in [0.1, 0.15) is 0 Å². The summed E-state index contributed by atoms with van der Waals surface area (Å²) in [5, 5.41) is 0. The van der Waals surface area contributed by atoms with Crippen molar-refractivity contribution in [3.8, 4) is 0 Å². The van der Waals surface area contributed by atoms with Crippen LogP contribution in [0, 0.1) is 0 Å². The van der Waals surface area contributed by atoms with Gasteiger partial charge in [0, 0.05) is 0 Å². The Hall–Kier alpha value is -0.526. The molecule has 0 aromatic heterocycles. The molecule has 2 aromatic rings. The number of fused-ring (bicyclic) bond motifs is 1. The van der Waals surface area contributed by atoms with Crippen LogP contribution in [0.3, 0.4) is 0 Å².